The van der Waals surface area contributed by atoms with E-state index in [9.17, 15) is 0 Å². The largest absolute Gasteiger partial charge is 0.348 e. The highest BCUT2D eigenvalue weighted by molar-refractivity contribution is 5.16. The highest BCUT2D eigenvalue weighted by Crippen LogP contribution is 2.23. The monoisotopic (exact) mass is 402 g/mol. The van der Waals surface area contributed by atoms with E-state index in [2.05, 4.69) is 71.3 Å². The Morgan fingerprint density at radius 2 is 1.30 bits per heavy atom. The van der Waals surface area contributed by atoms with Gasteiger partial charge in [-0.05, 0) is 16.7 Å². The van der Waals surface area contributed by atoms with E-state index >= 15 is 0 Å². The average Bonchev–Trinajstić information content (AvgIpc) is 3.20. The van der Waals surface area contributed by atoms with Gasteiger partial charge in [-0.1, -0.05) is 91.0 Å². The number of rotatable bonds is 10. The topological polar surface area (TPSA) is 42.5 Å². The van der Waals surface area contributed by atoms with E-state index in [0.29, 0.717) is 6.61 Å². The van der Waals surface area contributed by atoms with Crippen molar-refractivity contribution in [1.82, 2.24) is 10.6 Å². The van der Waals surface area contributed by atoms with Crippen LogP contribution in [0.3, 0.4) is 0 Å². The van der Waals surface area contributed by atoms with Crippen molar-refractivity contribution in [3.63, 3.8) is 0 Å². The summed E-state index contributed by atoms with van der Waals surface area (Å²) in [5.74, 6) is 0. The van der Waals surface area contributed by atoms with Crippen LogP contribution in [0.1, 0.15) is 23.1 Å². The quantitative estimate of drug-likeness (QED) is 0.532. The van der Waals surface area contributed by atoms with Crippen LogP contribution >= 0.6 is 0 Å². The first-order valence-corrected chi connectivity index (χ1v) is 10.7. The molecule has 156 valence electrons. The number of hydrogen-bond donors (Lipinski definition) is 2. The molecule has 1 heterocycles. The fourth-order valence-corrected chi connectivity index (χ4v) is 3.78. The molecular weight excluding hydrogens is 372 g/mol. The molecule has 0 aliphatic carbocycles. The third kappa shape index (κ3) is 6.25. The molecule has 4 rings (SSSR count). The van der Waals surface area contributed by atoms with Crippen LogP contribution < -0.4 is 10.6 Å². The van der Waals surface area contributed by atoms with Gasteiger partial charge in [0.05, 0.1) is 12.7 Å². The molecule has 1 fully saturated rings. The molecule has 3 aromatic rings. The highest BCUT2D eigenvalue weighted by atomic mass is 16.7. The lowest BCUT2D eigenvalue weighted by Crippen LogP contribution is -2.41. The second kappa shape index (κ2) is 11.0. The molecule has 0 spiro atoms. The summed E-state index contributed by atoms with van der Waals surface area (Å²) < 4.78 is 12.4. The van der Waals surface area contributed by atoms with E-state index in [0.717, 1.165) is 26.1 Å². The summed E-state index contributed by atoms with van der Waals surface area (Å²) in [6.07, 6.45) is 0.720. The van der Waals surface area contributed by atoms with E-state index < -0.39 is 0 Å². The Morgan fingerprint density at radius 1 is 0.733 bits per heavy atom. The molecule has 1 aliphatic rings. The lowest BCUT2D eigenvalue weighted by atomic mass is 10.1. The van der Waals surface area contributed by atoms with Gasteiger partial charge in [0.2, 0.25) is 0 Å². The third-order valence-corrected chi connectivity index (χ3v) is 5.43. The van der Waals surface area contributed by atoms with Gasteiger partial charge in [-0.2, -0.15) is 0 Å². The number of nitrogens with one attached hydrogen (secondary N) is 2. The first kappa shape index (κ1) is 20.8. The second-order valence-electron chi connectivity index (χ2n) is 7.73. The molecule has 4 nitrogen and oxygen atoms in total. The van der Waals surface area contributed by atoms with Crippen LogP contribution in [-0.2, 0) is 29.2 Å². The molecule has 0 bridgehead atoms. The summed E-state index contributed by atoms with van der Waals surface area (Å²) in [7, 11) is 0. The molecule has 4 heteroatoms. The smallest absolute Gasteiger partial charge is 0.160 e. The van der Waals surface area contributed by atoms with Gasteiger partial charge < -0.3 is 20.1 Å². The zero-order chi connectivity index (χ0) is 20.4. The van der Waals surface area contributed by atoms with Crippen molar-refractivity contribution < 1.29 is 9.47 Å². The maximum absolute atomic E-state index is 6.27. The van der Waals surface area contributed by atoms with E-state index in [1.54, 1.807) is 0 Å². The molecule has 0 saturated carbocycles. The van der Waals surface area contributed by atoms with Gasteiger partial charge in [-0.15, -0.1) is 0 Å². The summed E-state index contributed by atoms with van der Waals surface area (Å²) in [6, 6.07) is 31.5. The Labute approximate surface area is 179 Å². The zero-order valence-corrected chi connectivity index (χ0v) is 17.2. The minimum Gasteiger partial charge on any atom is -0.348 e. The first-order valence-electron chi connectivity index (χ1n) is 10.7. The van der Waals surface area contributed by atoms with Crippen LogP contribution in [0.4, 0.5) is 0 Å². The first-order chi connectivity index (χ1) is 14.9. The van der Waals surface area contributed by atoms with Crippen molar-refractivity contribution in [1.29, 1.82) is 0 Å². The van der Waals surface area contributed by atoms with E-state index in [4.69, 9.17) is 9.47 Å². The molecule has 0 aromatic heterocycles. The van der Waals surface area contributed by atoms with Gasteiger partial charge in [0, 0.05) is 32.1 Å². The second-order valence-corrected chi connectivity index (χ2v) is 7.73. The molecule has 3 aromatic carbocycles. The Balaban J connectivity index is 1.31. The lowest BCUT2D eigenvalue weighted by molar-refractivity contribution is -0.140. The fraction of sp³-hybridized carbons (Fsp3) is 0.308. The van der Waals surface area contributed by atoms with Crippen molar-refractivity contribution in [2.75, 3.05) is 6.54 Å². The molecule has 1 saturated heterocycles. The van der Waals surface area contributed by atoms with E-state index in [-0.39, 0.29) is 18.4 Å². The van der Waals surface area contributed by atoms with Crippen molar-refractivity contribution in [3.05, 3.63) is 108 Å². The predicted molar refractivity (Wildman–Crippen MR) is 120 cm³/mol. The normalized spacial score (nSPS) is 21.0. The molecule has 0 radical (unpaired) electrons. The van der Waals surface area contributed by atoms with Crippen molar-refractivity contribution in [3.8, 4) is 0 Å². The molecule has 3 atom stereocenters. The van der Waals surface area contributed by atoms with Crippen molar-refractivity contribution in [2.45, 2.75) is 44.6 Å². The summed E-state index contributed by atoms with van der Waals surface area (Å²) in [5.41, 5.74) is 3.73. The molecule has 2 N–H and O–H groups in total. The minimum atomic E-state index is -0.193. The van der Waals surface area contributed by atoms with Gasteiger partial charge in [-0.25, -0.2) is 0 Å². The minimum absolute atomic E-state index is 0.0678. The maximum Gasteiger partial charge on any atom is 0.160 e. The number of benzene rings is 3. The fourth-order valence-electron chi connectivity index (χ4n) is 3.78. The van der Waals surface area contributed by atoms with Crippen molar-refractivity contribution in [2.24, 2.45) is 0 Å². The Kier molecular flexibility index (Phi) is 7.64. The summed E-state index contributed by atoms with van der Waals surface area (Å²) in [6.45, 7) is 3.02. The predicted octanol–water partition coefficient (Wildman–Crippen LogP) is 4.27. The standard InChI is InChI=1S/C26H30N2O2/c1-4-10-21(11-5-1)17-27-19-25-24(28-18-22-12-6-2-7-13-22)16-26(30-25)29-20-23-14-8-3-9-15-23/h1-15,24-28H,16-20H2/t24-,25-,26+/m1/s1. The van der Waals surface area contributed by atoms with Crippen LogP contribution in [0, 0.1) is 0 Å². The van der Waals surface area contributed by atoms with Crippen LogP contribution in [0.15, 0.2) is 91.0 Å². The molecule has 0 amide bonds. The summed E-state index contributed by atoms with van der Waals surface area (Å²) in [5, 5.41) is 7.23. The Bertz CT molecular complexity index is 858. The Morgan fingerprint density at radius 3 is 1.93 bits per heavy atom. The molecular formula is C26H30N2O2. The van der Waals surface area contributed by atoms with Gasteiger partial charge in [0.1, 0.15) is 0 Å². The number of ether oxygens (including phenoxy) is 2. The summed E-state index contributed by atoms with van der Waals surface area (Å²) in [4.78, 5) is 0. The maximum atomic E-state index is 6.27. The van der Waals surface area contributed by atoms with Crippen LogP contribution in [-0.4, -0.2) is 25.0 Å². The Hall–Kier alpha value is -2.50. The molecule has 30 heavy (non-hydrogen) atoms. The van der Waals surface area contributed by atoms with Crippen molar-refractivity contribution >= 4 is 0 Å². The third-order valence-electron chi connectivity index (χ3n) is 5.43. The summed E-state index contributed by atoms with van der Waals surface area (Å²) >= 11 is 0. The molecule has 0 unspecified atom stereocenters. The van der Waals surface area contributed by atoms with Gasteiger partial charge in [0.15, 0.2) is 6.29 Å². The van der Waals surface area contributed by atoms with Gasteiger partial charge in [-0.3, -0.25) is 0 Å². The molecule has 1 aliphatic heterocycles. The average molecular weight is 403 g/mol. The van der Waals surface area contributed by atoms with E-state index in [1.807, 2.05) is 30.3 Å². The van der Waals surface area contributed by atoms with Crippen LogP contribution in [0.5, 0.6) is 0 Å². The van der Waals surface area contributed by atoms with E-state index in [1.165, 1.54) is 16.7 Å². The van der Waals surface area contributed by atoms with Gasteiger partial charge >= 0.3 is 0 Å². The zero-order valence-electron chi connectivity index (χ0n) is 17.2. The number of hydrogen-bond acceptors (Lipinski definition) is 4. The van der Waals surface area contributed by atoms with Crippen LogP contribution in [0.2, 0.25) is 0 Å². The van der Waals surface area contributed by atoms with Gasteiger partial charge in [0.25, 0.3) is 0 Å². The highest BCUT2D eigenvalue weighted by Gasteiger charge is 2.35. The van der Waals surface area contributed by atoms with Crippen LogP contribution in [0.25, 0.3) is 0 Å². The lowest BCUT2D eigenvalue weighted by Gasteiger charge is -2.20. The SMILES string of the molecule is c1ccc(CNC[C@H]2O[C@H](OCc3ccccc3)C[C@H]2NCc2ccccc2)cc1.